The van der Waals surface area contributed by atoms with Gasteiger partial charge in [0.1, 0.15) is 12.7 Å². The van der Waals surface area contributed by atoms with Gasteiger partial charge in [-0.25, -0.2) is 0 Å². The van der Waals surface area contributed by atoms with Crippen molar-refractivity contribution in [3.63, 3.8) is 0 Å². The summed E-state index contributed by atoms with van der Waals surface area (Å²) in [4.78, 5) is 0. The zero-order valence-corrected chi connectivity index (χ0v) is 13.4. The van der Waals surface area contributed by atoms with Crippen LogP contribution in [0.15, 0.2) is 24.3 Å². The average molecular weight is 291 g/mol. The van der Waals surface area contributed by atoms with E-state index in [9.17, 15) is 0 Å². The van der Waals surface area contributed by atoms with E-state index in [1.165, 1.54) is 38.5 Å². The highest BCUT2D eigenvalue weighted by Gasteiger charge is 2.20. The maximum absolute atomic E-state index is 5.95. The Labute approximate surface area is 129 Å². The second-order valence-corrected chi connectivity index (χ2v) is 6.01. The number of fused-ring (bicyclic) bond motifs is 1. The summed E-state index contributed by atoms with van der Waals surface area (Å²) < 4.78 is 11.7. The zero-order valence-electron chi connectivity index (χ0n) is 13.4. The normalized spacial score (nSPS) is 18.5. The molecule has 0 amide bonds. The molecule has 1 aliphatic heterocycles. The van der Waals surface area contributed by atoms with Gasteiger partial charge in [0, 0.05) is 12.6 Å². The van der Waals surface area contributed by atoms with Crippen molar-refractivity contribution in [1.29, 1.82) is 0 Å². The maximum atomic E-state index is 5.95. The van der Waals surface area contributed by atoms with Crippen molar-refractivity contribution in [2.45, 2.75) is 64.5 Å². The lowest BCUT2D eigenvalue weighted by atomic mass is 10.1. The number of rotatable bonds is 9. The van der Waals surface area contributed by atoms with Gasteiger partial charge >= 0.3 is 0 Å². The molecule has 0 fully saturated rings. The van der Waals surface area contributed by atoms with E-state index in [0.717, 1.165) is 18.0 Å². The number of ether oxygens (including phenoxy) is 2. The first kappa shape index (κ1) is 16.2. The lowest BCUT2D eigenvalue weighted by Gasteiger charge is -2.27. The Balaban J connectivity index is 1.61. The molecule has 0 aliphatic carbocycles. The summed E-state index contributed by atoms with van der Waals surface area (Å²) in [6.45, 7) is 6.00. The second kappa shape index (κ2) is 8.93. The Morgan fingerprint density at radius 2 is 1.90 bits per heavy atom. The van der Waals surface area contributed by atoms with E-state index in [-0.39, 0.29) is 6.10 Å². The first-order chi connectivity index (χ1) is 10.3. The van der Waals surface area contributed by atoms with E-state index < -0.39 is 0 Å². The first-order valence-corrected chi connectivity index (χ1v) is 8.41. The third-order valence-electron chi connectivity index (χ3n) is 4.00. The number of para-hydroxylation sites is 2. The molecule has 0 aromatic heterocycles. The largest absolute Gasteiger partial charge is 0.486 e. The smallest absolute Gasteiger partial charge is 0.161 e. The van der Waals surface area contributed by atoms with Crippen LogP contribution in [0.1, 0.15) is 52.4 Å². The standard InChI is InChI=1S/C18H29NO2/c1-3-4-5-6-7-10-15(2)19-13-16-14-20-17-11-8-9-12-18(17)21-16/h8-9,11-12,15-16,19H,3-7,10,13-14H2,1-2H3. The number of benzene rings is 1. The van der Waals surface area contributed by atoms with Crippen molar-refractivity contribution >= 4 is 0 Å². The van der Waals surface area contributed by atoms with Crippen molar-refractivity contribution in [1.82, 2.24) is 5.32 Å². The fourth-order valence-corrected chi connectivity index (χ4v) is 2.65. The summed E-state index contributed by atoms with van der Waals surface area (Å²) in [7, 11) is 0. The van der Waals surface area contributed by atoms with E-state index in [2.05, 4.69) is 19.2 Å². The molecule has 0 bridgehead atoms. The number of hydrogen-bond donors (Lipinski definition) is 1. The summed E-state index contributed by atoms with van der Waals surface area (Å²) in [6.07, 6.45) is 8.09. The van der Waals surface area contributed by atoms with Crippen LogP contribution in [0.25, 0.3) is 0 Å². The molecule has 1 N–H and O–H groups in total. The highest BCUT2D eigenvalue weighted by Crippen LogP contribution is 2.30. The van der Waals surface area contributed by atoms with Crippen LogP contribution in [0.3, 0.4) is 0 Å². The van der Waals surface area contributed by atoms with Crippen LogP contribution in [-0.2, 0) is 0 Å². The molecule has 1 aromatic carbocycles. The molecule has 3 nitrogen and oxygen atoms in total. The van der Waals surface area contributed by atoms with Gasteiger partial charge in [0.15, 0.2) is 11.5 Å². The molecule has 0 radical (unpaired) electrons. The van der Waals surface area contributed by atoms with E-state index in [0.29, 0.717) is 12.6 Å². The van der Waals surface area contributed by atoms with E-state index in [1.54, 1.807) is 0 Å². The number of nitrogens with one attached hydrogen (secondary N) is 1. The molecule has 1 heterocycles. The molecule has 1 aromatic rings. The molecule has 0 saturated carbocycles. The van der Waals surface area contributed by atoms with Crippen molar-refractivity contribution in [2.24, 2.45) is 0 Å². The van der Waals surface area contributed by atoms with Crippen LogP contribution in [0.5, 0.6) is 11.5 Å². The van der Waals surface area contributed by atoms with Crippen LogP contribution in [0, 0.1) is 0 Å². The molecule has 0 spiro atoms. The van der Waals surface area contributed by atoms with Crippen LogP contribution < -0.4 is 14.8 Å². The highest BCUT2D eigenvalue weighted by atomic mass is 16.6. The Kier molecular flexibility index (Phi) is 6.87. The third-order valence-corrected chi connectivity index (χ3v) is 4.00. The van der Waals surface area contributed by atoms with Crippen LogP contribution >= 0.6 is 0 Å². The topological polar surface area (TPSA) is 30.5 Å². The third kappa shape index (κ3) is 5.58. The lowest BCUT2D eigenvalue weighted by Crippen LogP contribution is -2.41. The molecular weight excluding hydrogens is 262 g/mol. The van der Waals surface area contributed by atoms with Gasteiger partial charge in [-0.1, -0.05) is 51.2 Å². The molecule has 118 valence electrons. The van der Waals surface area contributed by atoms with Crippen LogP contribution in [0.4, 0.5) is 0 Å². The summed E-state index contributed by atoms with van der Waals surface area (Å²) in [6, 6.07) is 8.43. The van der Waals surface area contributed by atoms with Gasteiger partial charge in [-0.3, -0.25) is 0 Å². The zero-order chi connectivity index (χ0) is 14.9. The van der Waals surface area contributed by atoms with E-state index >= 15 is 0 Å². The van der Waals surface area contributed by atoms with Gasteiger partial charge in [0.05, 0.1) is 0 Å². The molecule has 2 unspecified atom stereocenters. The Morgan fingerprint density at radius 1 is 1.14 bits per heavy atom. The predicted molar refractivity (Wildman–Crippen MR) is 87.2 cm³/mol. The number of hydrogen-bond acceptors (Lipinski definition) is 3. The second-order valence-electron chi connectivity index (χ2n) is 6.01. The van der Waals surface area contributed by atoms with Crippen LogP contribution in [-0.4, -0.2) is 25.3 Å². The van der Waals surface area contributed by atoms with Gasteiger partial charge < -0.3 is 14.8 Å². The fraction of sp³-hybridized carbons (Fsp3) is 0.667. The molecule has 2 atom stereocenters. The molecule has 21 heavy (non-hydrogen) atoms. The SMILES string of the molecule is CCCCCCCC(C)NCC1COc2ccccc2O1. The quantitative estimate of drug-likeness (QED) is 0.693. The molecule has 0 saturated heterocycles. The Morgan fingerprint density at radius 3 is 2.71 bits per heavy atom. The molecular formula is C18H29NO2. The molecule has 1 aliphatic rings. The summed E-state index contributed by atoms with van der Waals surface area (Å²) >= 11 is 0. The van der Waals surface area contributed by atoms with E-state index in [1.807, 2.05) is 24.3 Å². The Bertz CT molecular complexity index is 408. The average Bonchev–Trinajstić information content (AvgIpc) is 2.52. The highest BCUT2D eigenvalue weighted by molar-refractivity contribution is 5.40. The van der Waals surface area contributed by atoms with Crippen LogP contribution in [0.2, 0.25) is 0 Å². The molecule has 3 heteroatoms. The van der Waals surface area contributed by atoms with Crippen molar-refractivity contribution in [2.75, 3.05) is 13.2 Å². The van der Waals surface area contributed by atoms with Gasteiger partial charge in [0.25, 0.3) is 0 Å². The maximum Gasteiger partial charge on any atom is 0.161 e. The predicted octanol–water partition coefficient (Wildman–Crippen LogP) is 4.17. The van der Waals surface area contributed by atoms with Crippen molar-refractivity contribution < 1.29 is 9.47 Å². The van der Waals surface area contributed by atoms with Gasteiger partial charge in [0.2, 0.25) is 0 Å². The minimum Gasteiger partial charge on any atom is -0.486 e. The monoisotopic (exact) mass is 291 g/mol. The van der Waals surface area contributed by atoms with Crippen molar-refractivity contribution in [3.05, 3.63) is 24.3 Å². The lowest BCUT2D eigenvalue weighted by molar-refractivity contribution is 0.0883. The Hall–Kier alpha value is -1.22. The van der Waals surface area contributed by atoms with Gasteiger partial charge in [-0.2, -0.15) is 0 Å². The fourth-order valence-electron chi connectivity index (χ4n) is 2.65. The van der Waals surface area contributed by atoms with Crippen molar-refractivity contribution in [3.8, 4) is 11.5 Å². The first-order valence-electron chi connectivity index (χ1n) is 8.41. The molecule has 2 rings (SSSR count). The minimum atomic E-state index is 0.113. The number of unbranched alkanes of at least 4 members (excludes halogenated alkanes) is 4. The minimum absolute atomic E-state index is 0.113. The summed E-state index contributed by atoms with van der Waals surface area (Å²) in [5.41, 5.74) is 0. The van der Waals surface area contributed by atoms with Gasteiger partial charge in [-0.15, -0.1) is 0 Å². The van der Waals surface area contributed by atoms with Gasteiger partial charge in [-0.05, 0) is 25.5 Å². The van der Waals surface area contributed by atoms with E-state index in [4.69, 9.17) is 9.47 Å². The summed E-state index contributed by atoms with van der Waals surface area (Å²) in [5, 5.41) is 3.57. The summed E-state index contributed by atoms with van der Waals surface area (Å²) in [5.74, 6) is 1.72.